The third-order valence-electron chi connectivity index (χ3n) is 3.34. The largest absolute Gasteiger partial charge is 0.473 e. The Labute approximate surface area is 147 Å². The van der Waals surface area contributed by atoms with Crippen LogP contribution in [-0.2, 0) is 12.6 Å². The van der Waals surface area contributed by atoms with E-state index < -0.39 is 22.8 Å². The zero-order chi connectivity index (χ0) is 18.4. The predicted molar refractivity (Wildman–Crippen MR) is 89.9 cm³/mol. The molecule has 0 aromatic heterocycles. The zero-order valence-corrected chi connectivity index (χ0v) is 14.0. The maximum absolute atomic E-state index is 12.8. The van der Waals surface area contributed by atoms with Crippen LogP contribution in [0.5, 0.6) is 5.75 Å². The number of rotatable bonds is 5. The second-order valence-corrected chi connectivity index (χ2v) is 5.48. The number of amides is 2. The van der Waals surface area contributed by atoms with Crippen LogP contribution in [0.1, 0.15) is 18.1 Å². The Hall–Kier alpha value is -2.41. The van der Waals surface area contributed by atoms with E-state index in [1.54, 1.807) is 12.1 Å². The highest BCUT2D eigenvalue weighted by molar-refractivity contribution is 6.31. The Bertz CT molecular complexity index is 751. The summed E-state index contributed by atoms with van der Waals surface area (Å²) >= 11 is 5.53. The fourth-order valence-electron chi connectivity index (χ4n) is 2.11. The summed E-state index contributed by atoms with van der Waals surface area (Å²) in [4.78, 5) is 11.8. The molecule has 0 spiro atoms. The Morgan fingerprint density at radius 1 is 1.20 bits per heavy atom. The van der Waals surface area contributed by atoms with E-state index >= 15 is 0 Å². The molecule has 4 nitrogen and oxygen atoms in total. The Morgan fingerprint density at radius 2 is 1.92 bits per heavy atom. The maximum Gasteiger partial charge on any atom is 0.417 e. The average Bonchev–Trinajstić information content (AvgIpc) is 2.56. The first-order valence-electron chi connectivity index (χ1n) is 7.43. The molecule has 0 aliphatic carbocycles. The van der Waals surface area contributed by atoms with Gasteiger partial charge in [-0.15, -0.1) is 0 Å². The molecule has 8 heteroatoms. The lowest BCUT2D eigenvalue weighted by atomic mass is 10.1. The number of nitrogens with one attached hydrogen (secondary N) is 2. The number of aryl methyl sites for hydroxylation is 1. The molecule has 0 radical (unpaired) electrons. The summed E-state index contributed by atoms with van der Waals surface area (Å²) in [5.41, 5.74) is -0.0551. The van der Waals surface area contributed by atoms with E-state index in [2.05, 4.69) is 10.6 Å². The van der Waals surface area contributed by atoms with Crippen LogP contribution >= 0.6 is 11.6 Å². The molecule has 2 aromatic carbocycles. The molecule has 0 bridgehead atoms. The molecule has 2 N–H and O–H groups in total. The van der Waals surface area contributed by atoms with Gasteiger partial charge in [-0.1, -0.05) is 36.7 Å². The van der Waals surface area contributed by atoms with E-state index in [4.69, 9.17) is 16.3 Å². The molecule has 134 valence electrons. The van der Waals surface area contributed by atoms with Gasteiger partial charge >= 0.3 is 12.2 Å². The van der Waals surface area contributed by atoms with E-state index in [0.29, 0.717) is 5.75 Å². The van der Waals surface area contributed by atoms with Crippen LogP contribution in [0, 0.1) is 0 Å². The van der Waals surface area contributed by atoms with Crippen LogP contribution in [0.4, 0.5) is 23.7 Å². The van der Waals surface area contributed by atoms with E-state index in [1.165, 1.54) is 6.07 Å². The molecular formula is C17H16ClF3N2O2. The van der Waals surface area contributed by atoms with Crippen molar-refractivity contribution in [3.63, 3.8) is 0 Å². The van der Waals surface area contributed by atoms with Crippen LogP contribution in [0.2, 0.25) is 5.02 Å². The van der Waals surface area contributed by atoms with Gasteiger partial charge in [0.2, 0.25) is 0 Å². The summed E-state index contributed by atoms with van der Waals surface area (Å²) in [7, 11) is 0. The number of urea groups is 1. The minimum Gasteiger partial charge on any atom is -0.473 e. The SMILES string of the molecule is CCc1ccccc1OCNC(=O)Nc1ccc(Cl)c(C(F)(F)F)c1. The number of halogens is 4. The first-order chi connectivity index (χ1) is 11.8. The second-order valence-electron chi connectivity index (χ2n) is 5.07. The Kier molecular flexibility index (Phi) is 6.14. The van der Waals surface area contributed by atoms with Gasteiger partial charge in [0.1, 0.15) is 5.75 Å². The van der Waals surface area contributed by atoms with Crippen molar-refractivity contribution in [3.8, 4) is 5.75 Å². The fraction of sp³-hybridized carbons (Fsp3) is 0.235. The monoisotopic (exact) mass is 372 g/mol. The molecule has 0 heterocycles. The smallest absolute Gasteiger partial charge is 0.417 e. The van der Waals surface area contributed by atoms with Crippen LogP contribution in [0.25, 0.3) is 0 Å². The number of anilines is 1. The van der Waals surface area contributed by atoms with Gasteiger partial charge in [-0.05, 0) is 36.2 Å². The number of benzene rings is 2. The van der Waals surface area contributed by atoms with E-state index in [0.717, 1.165) is 24.1 Å². The maximum atomic E-state index is 12.8. The summed E-state index contributed by atoms with van der Waals surface area (Å²) in [5.74, 6) is 0.635. The van der Waals surface area contributed by atoms with E-state index in [9.17, 15) is 18.0 Å². The Morgan fingerprint density at radius 3 is 2.60 bits per heavy atom. The topological polar surface area (TPSA) is 50.4 Å². The van der Waals surface area contributed by atoms with Gasteiger partial charge in [0.05, 0.1) is 10.6 Å². The number of para-hydroxylation sites is 1. The number of alkyl halides is 3. The lowest BCUT2D eigenvalue weighted by Crippen LogP contribution is -2.32. The highest BCUT2D eigenvalue weighted by atomic mass is 35.5. The minimum atomic E-state index is -4.60. The average molecular weight is 373 g/mol. The molecule has 2 aromatic rings. The number of ether oxygens (including phenoxy) is 1. The highest BCUT2D eigenvalue weighted by Gasteiger charge is 2.33. The zero-order valence-electron chi connectivity index (χ0n) is 13.3. The van der Waals surface area contributed by atoms with E-state index in [-0.39, 0.29) is 12.4 Å². The number of hydrogen-bond donors (Lipinski definition) is 2. The van der Waals surface area contributed by atoms with E-state index in [1.807, 2.05) is 19.1 Å². The van der Waals surface area contributed by atoms with Gasteiger partial charge in [-0.25, -0.2) is 4.79 Å². The van der Waals surface area contributed by atoms with Gasteiger partial charge < -0.3 is 15.4 Å². The highest BCUT2D eigenvalue weighted by Crippen LogP contribution is 2.36. The Balaban J connectivity index is 1.92. The van der Waals surface area contributed by atoms with Crippen molar-refractivity contribution in [2.45, 2.75) is 19.5 Å². The van der Waals surface area contributed by atoms with Crippen LogP contribution in [0.15, 0.2) is 42.5 Å². The van der Waals surface area contributed by atoms with Gasteiger partial charge in [0.15, 0.2) is 6.73 Å². The molecule has 0 aliphatic rings. The quantitative estimate of drug-likeness (QED) is 0.719. The standard InChI is InChI=1S/C17H16ClF3N2O2/c1-2-11-5-3-4-6-15(11)25-10-22-16(24)23-12-7-8-14(18)13(9-12)17(19,20)21/h3-9H,2,10H2,1H3,(H2,22,23,24). The predicted octanol–water partition coefficient (Wildman–Crippen LogP) is 5.08. The minimum absolute atomic E-state index is 0.0248. The van der Waals surface area contributed by atoms with Gasteiger partial charge in [0, 0.05) is 5.69 Å². The second kappa shape index (κ2) is 8.11. The van der Waals surface area contributed by atoms with Crippen molar-refractivity contribution in [1.29, 1.82) is 0 Å². The summed E-state index contributed by atoms with van der Waals surface area (Å²) in [6, 6.07) is 9.80. The van der Waals surface area contributed by atoms with Crippen LogP contribution < -0.4 is 15.4 Å². The van der Waals surface area contributed by atoms with Crippen LogP contribution in [-0.4, -0.2) is 12.8 Å². The fourth-order valence-corrected chi connectivity index (χ4v) is 2.34. The molecule has 2 amide bonds. The van der Waals surface area contributed by atoms with Crippen molar-refractivity contribution in [2.75, 3.05) is 12.0 Å². The van der Waals surface area contributed by atoms with Gasteiger partial charge in [0.25, 0.3) is 0 Å². The molecule has 0 aliphatic heterocycles. The molecule has 0 saturated heterocycles. The number of carbonyl (C=O) groups excluding carboxylic acids is 1. The van der Waals surface area contributed by atoms with Crippen molar-refractivity contribution in [1.82, 2.24) is 5.32 Å². The van der Waals surface area contributed by atoms with Crippen molar-refractivity contribution >= 4 is 23.3 Å². The lowest BCUT2D eigenvalue weighted by molar-refractivity contribution is -0.137. The van der Waals surface area contributed by atoms with Crippen LogP contribution in [0.3, 0.4) is 0 Å². The molecule has 25 heavy (non-hydrogen) atoms. The van der Waals surface area contributed by atoms with Crippen molar-refractivity contribution in [3.05, 3.63) is 58.6 Å². The molecule has 2 rings (SSSR count). The number of carbonyl (C=O) groups is 1. The third-order valence-corrected chi connectivity index (χ3v) is 3.67. The normalized spacial score (nSPS) is 11.1. The first-order valence-corrected chi connectivity index (χ1v) is 7.81. The molecule has 0 fully saturated rings. The molecular weight excluding hydrogens is 357 g/mol. The molecule has 0 unspecified atom stereocenters. The lowest BCUT2D eigenvalue weighted by Gasteiger charge is -2.13. The van der Waals surface area contributed by atoms with Gasteiger partial charge in [-0.2, -0.15) is 13.2 Å². The summed E-state index contributed by atoms with van der Waals surface area (Å²) in [5, 5.41) is 4.29. The molecule has 0 atom stereocenters. The van der Waals surface area contributed by atoms with Crippen molar-refractivity contribution in [2.24, 2.45) is 0 Å². The number of hydrogen-bond acceptors (Lipinski definition) is 2. The molecule has 0 saturated carbocycles. The van der Waals surface area contributed by atoms with Crippen molar-refractivity contribution < 1.29 is 22.7 Å². The first kappa shape index (κ1) is 18.9. The van der Waals surface area contributed by atoms with Gasteiger partial charge in [-0.3, -0.25) is 0 Å². The summed E-state index contributed by atoms with van der Waals surface area (Å²) in [6.45, 7) is 1.85. The summed E-state index contributed by atoms with van der Waals surface area (Å²) < 4.78 is 43.8. The third kappa shape index (κ3) is 5.29. The summed E-state index contributed by atoms with van der Waals surface area (Å²) in [6.07, 6.45) is -3.83.